The lowest BCUT2D eigenvalue weighted by Crippen LogP contribution is -2.30. The SMILES string of the molecule is O=CNC1CCCC1=O. The molecule has 0 aromatic heterocycles. The van der Waals surface area contributed by atoms with Crippen LogP contribution < -0.4 is 5.32 Å². The van der Waals surface area contributed by atoms with Crippen LogP contribution in [0.5, 0.6) is 0 Å². The van der Waals surface area contributed by atoms with Gasteiger partial charge < -0.3 is 5.32 Å². The predicted molar refractivity (Wildman–Crippen MR) is 31.8 cm³/mol. The number of hydrogen-bond donors (Lipinski definition) is 1. The molecular formula is C6H9NO2. The van der Waals surface area contributed by atoms with Gasteiger partial charge in [-0.2, -0.15) is 0 Å². The van der Waals surface area contributed by atoms with Crippen molar-refractivity contribution in [1.29, 1.82) is 0 Å². The number of nitrogens with one attached hydrogen (secondary N) is 1. The number of Topliss-reactive ketones (excluding diaryl/α,β-unsaturated/α-hetero) is 1. The number of amides is 1. The average molecular weight is 127 g/mol. The molecule has 0 aromatic carbocycles. The molecule has 0 bridgehead atoms. The fraction of sp³-hybridized carbons (Fsp3) is 0.667. The lowest BCUT2D eigenvalue weighted by molar-refractivity contribution is -0.121. The molecule has 1 amide bonds. The Labute approximate surface area is 53.4 Å². The highest BCUT2D eigenvalue weighted by Gasteiger charge is 2.22. The molecule has 1 N–H and O–H groups in total. The summed E-state index contributed by atoms with van der Waals surface area (Å²) in [5.74, 6) is 0.169. The maximum atomic E-state index is 10.7. The monoisotopic (exact) mass is 127 g/mol. The molecule has 0 spiro atoms. The van der Waals surface area contributed by atoms with E-state index < -0.39 is 0 Å². The van der Waals surface area contributed by atoms with Gasteiger partial charge in [0, 0.05) is 6.42 Å². The van der Waals surface area contributed by atoms with Gasteiger partial charge in [-0.3, -0.25) is 9.59 Å². The first kappa shape index (κ1) is 6.26. The van der Waals surface area contributed by atoms with Crippen molar-refractivity contribution in [3.8, 4) is 0 Å². The predicted octanol–water partition coefficient (Wildman–Crippen LogP) is -0.146. The van der Waals surface area contributed by atoms with Gasteiger partial charge in [0.05, 0.1) is 6.04 Å². The van der Waals surface area contributed by atoms with Crippen LogP contribution in [0.1, 0.15) is 19.3 Å². The minimum Gasteiger partial charge on any atom is -0.349 e. The number of ketones is 1. The Kier molecular flexibility index (Phi) is 1.82. The first-order valence-corrected chi connectivity index (χ1v) is 3.07. The van der Waals surface area contributed by atoms with Crippen molar-refractivity contribution < 1.29 is 9.59 Å². The maximum absolute atomic E-state index is 10.7. The molecule has 1 aliphatic carbocycles. The Bertz CT molecular complexity index is 133. The van der Waals surface area contributed by atoms with E-state index in [0.717, 1.165) is 12.8 Å². The summed E-state index contributed by atoms with van der Waals surface area (Å²) in [4.78, 5) is 20.6. The highest BCUT2D eigenvalue weighted by Crippen LogP contribution is 2.13. The smallest absolute Gasteiger partial charge is 0.207 e. The van der Waals surface area contributed by atoms with Gasteiger partial charge in [-0.15, -0.1) is 0 Å². The Hall–Kier alpha value is -0.860. The van der Waals surface area contributed by atoms with Gasteiger partial charge in [-0.1, -0.05) is 0 Å². The van der Waals surface area contributed by atoms with Crippen LogP contribution in [0.4, 0.5) is 0 Å². The number of hydrogen-bond acceptors (Lipinski definition) is 2. The second-order valence-electron chi connectivity index (χ2n) is 2.20. The van der Waals surface area contributed by atoms with E-state index in [1.165, 1.54) is 0 Å². The van der Waals surface area contributed by atoms with Crippen molar-refractivity contribution >= 4 is 12.2 Å². The van der Waals surface area contributed by atoms with Gasteiger partial charge in [0.2, 0.25) is 6.41 Å². The quantitative estimate of drug-likeness (QED) is 0.524. The standard InChI is InChI=1S/C6H9NO2/c8-4-7-5-2-1-3-6(5)9/h4-5H,1-3H2,(H,7,8). The molecule has 1 fully saturated rings. The molecule has 1 unspecified atom stereocenters. The lowest BCUT2D eigenvalue weighted by Gasteiger charge is -2.02. The van der Waals surface area contributed by atoms with Crippen LogP contribution in [0.15, 0.2) is 0 Å². The molecule has 1 saturated carbocycles. The molecule has 1 atom stereocenters. The van der Waals surface area contributed by atoms with Crippen LogP contribution in [0.25, 0.3) is 0 Å². The zero-order valence-corrected chi connectivity index (χ0v) is 5.09. The summed E-state index contributed by atoms with van der Waals surface area (Å²) in [5, 5.41) is 2.46. The largest absolute Gasteiger partial charge is 0.349 e. The van der Waals surface area contributed by atoms with Crippen molar-refractivity contribution in [1.82, 2.24) is 5.32 Å². The summed E-state index contributed by atoms with van der Waals surface area (Å²) in [5.41, 5.74) is 0. The van der Waals surface area contributed by atoms with Crippen molar-refractivity contribution in [3.63, 3.8) is 0 Å². The minimum atomic E-state index is -0.178. The molecule has 50 valence electrons. The Morgan fingerprint density at radius 1 is 1.67 bits per heavy atom. The summed E-state index contributed by atoms with van der Waals surface area (Å²) in [6.45, 7) is 0. The number of carbonyl (C=O) groups excluding carboxylic acids is 2. The topological polar surface area (TPSA) is 46.2 Å². The zero-order chi connectivity index (χ0) is 6.69. The molecule has 1 aliphatic rings. The van der Waals surface area contributed by atoms with E-state index in [1.807, 2.05) is 0 Å². The van der Waals surface area contributed by atoms with Gasteiger partial charge in [-0.25, -0.2) is 0 Å². The Balaban J connectivity index is 2.39. The third-order valence-electron chi connectivity index (χ3n) is 1.57. The highest BCUT2D eigenvalue weighted by atomic mass is 16.1. The van der Waals surface area contributed by atoms with Crippen LogP contribution in [-0.4, -0.2) is 18.2 Å². The minimum absolute atomic E-state index is 0.169. The second kappa shape index (κ2) is 2.62. The van der Waals surface area contributed by atoms with Crippen molar-refractivity contribution in [2.75, 3.05) is 0 Å². The summed E-state index contributed by atoms with van der Waals surface area (Å²) in [6.07, 6.45) is 2.96. The summed E-state index contributed by atoms with van der Waals surface area (Å²) in [7, 11) is 0. The maximum Gasteiger partial charge on any atom is 0.207 e. The molecule has 0 aliphatic heterocycles. The molecule has 0 saturated heterocycles. The summed E-state index contributed by atoms with van der Waals surface area (Å²) < 4.78 is 0. The number of carbonyl (C=O) groups is 2. The van der Waals surface area contributed by atoms with E-state index >= 15 is 0 Å². The van der Waals surface area contributed by atoms with Crippen LogP contribution in [0, 0.1) is 0 Å². The first-order chi connectivity index (χ1) is 4.34. The summed E-state index contributed by atoms with van der Waals surface area (Å²) >= 11 is 0. The molecule has 0 aromatic rings. The zero-order valence-electron chi connectivity index (χ0n) is 5.09. The van der Waals surface area contributed by atoms with Gasteiger partial charge in [-0.05, 0) is 12.8 Å². The van der Waals surface area contributed by atoms with Crippen LogP contribution in [0.2, 0.25) is 0 Å². The molecule has 0 radical (unpaired) electrons. The molecule has 1 rings (SSSR count). The van der Waals surface area contributed by atoms with Crippen LogP contribution >= 0.6 is 0 Å². The van der Waals surface area contributed by atoms with Crippen molar-refractivity contribution in [3.05, 3.63) is 0 Å². The van der Waals surface area contributed by atoms with E-state index in [1.54, 1.807) is 0 Å². The van der Waals surface area contributed by atoms with Gasteiger partial charge in [0.1, 0.15) is 0 Å². The van der Waals surface area contributed by atoms with E-state index in [2.05, 4.69) is 5.32 Å². The van der Waals surface area contributed by atoms with Crippen molar-refractivity contribution in [2.45, 2.75) is 25.3 Å². The average Bonchev–Trinajstić information content (AvgIpc) is 2.18. The molecular weight excluding hydrogens is 118 g/mol. The van der Waals surface area contributed by atoms with Crippen molar-refractivity contribution in [2.24, 2.45) is 0 Å². The first-order valence-electron chi connectivity index (χ1n) is 3.07. The van der Waals surface area contributed by atoms with Crippen LogP contribution in [-0.2, 0) is 9.59 Å². The Morgan fingerprint density at radius 3 is 2.89 bits per heavy atom. The fourth-order valence-electron chi connectivity index (χ4n) is 1.07. The molecule has 9 heavy (non-hydrogen) atoms. The third-order valence-corrected chi connectivity index (χ3v) is 1.57. The highest BCUT2D eigenvalue weighted by molar-refractivity contribution is 5.87. The summed E-state index contributed by atoms with van der Waals surface area (Å²) in [6, 6.07) is -0.178. The van der Waals surface area contributed by atoms with Gasteiger partial charge in [0.15, 0.2) is 5.78 Å². The fourth-order valence-corrected chi connectivity index (χ4v) is 1.07. The third kappa shape index (κ3) is 1.28. The molecule has 3 nitrogen and oxygen atoms in total. The van der Waals surface area contributed by atoms with Gasteiger partial charge >= 0.3 is 0 Å². The van der Waals surface area contributed by atoms with E-state index in [9.17, 15) is 9.59 Å². The Morgan fingerprint density at radius 2 is 2.44 bits per heavy atom. The van der Waals surface area contributed by atoms with E-state index in [4.69, 9.17) is 0 Å². The normalized spacial score (nSPS) is 26.2. The van der Waals surface area contributed by atoms with Crippen LogP contribution in [0.3, 0.4) is 0 Å². The van der Waals surface area contributed by atoms with E-state index in [0.29, 0.717) is 12.8 Å². The second-order valence-corrected chi connectivity index (χ2v) is 2.20. The molecule has 3 heteroatoms. The van der Waals surface area contributed by atoms with Gasteiger partial charge in [0.25, 0.3) is 0 Å². The lowest BCUT2D eigenvalue weighted by atomic mass is 10.2. The number of rotatable bonds is 2. The molecule has 0 heterocycles. The van der Waals surface area contributed by atoms with E-state index in [-0.39, 0.29) is 11.8 Å².